The van der Waals surface area contributed by atoms with Crippen LogP contribution in [0, 0.1) is 6.92 Å². The Morgan fingerprint density at radius 3 is 3.07 bits per heavy atom. The minimum Gasteiger partial charge on any atom is -0.380 e. The number of rotatable bonds is 3. The monoisotopic (exact) mass is 211 g/mol. The third-order valence-electron chi connectivity index (χ3n) is 2.90. The van der Waals surface area contributed by atoms with Crippen LogP contribution >= 0.6 is 11.3 Å². The lowest BCUT2D eigenvalue weighted by Gasteiger charge is -2.14. The molecule has 0 saturated carbocycles. The predicted molar refractivity (Wildman–Crippen MR) is 59.7 cm³/mol. The van der Waals surface area contributed by atoms with E-state index in [1.54, 1.807) is 0 Å². The maximum atomic E-state index is 5.35. The predicted octanol–water partition coefficient (Wildman–Crippen LogP) is 2.28. The van der Waals surface area contributed by atoms with Crippen LogP contribution in [0.4, 0.5) is 0 Å². The van der Waals surface area contributed by atoms with E-state index in [0.29, 0.717) is 6.10 Å². The number of likely N-dealkylation sites (tertiary alicyclic amines) is 1. The number of methoxy groups -OCH3 is 1. The van der Waals surface area contributed by atoms with E-state index >= 15 is 0 Å². The number of nitrogens with zero attached hydrogens (tertiary/aromatic N) is 1. The lowest BCUT2D eigenvalue weighted by molar-refractivity contribution is 0.107. The van der Waals surface area contributed by atoms with Gasteiger partial charge in [0, 0.05) is 31.6 Å². The molecule has 1 unspecified atom stereocenters. The molecule has 1 aromatic rings. The van der Waals surface area contributed by atoms with Gasteiger partial charge in [0.15, 0.2) is 0 Å². The van der Waals surface area contributed by atoms with Crippen molar-refractivity contribution in [3.8, 4) is 0 Å². The SMILES string of the molecule is COC1CCN(Cc2sccc2C)C1. The second-order valence-electron chi connectivity index (χ2n) is 3.91. The first kappa shape index (κ1) is 10.1. The van der Waals surface area contributed by atoms with Gasteiger partial charge in [-0.15, -0.1) is 11.3 Å². The van der Waals surface area contributed by atoms with Gasteiger partial charge in [-0.05, 0) is 30.4 Å². The van der Waals surface area contributed by atoms with Crippen LogP contribution in [0.5, 0.6) is 0 Å². The molecule has 1 aromatic heterocycles. The summed E-state index contributed by atoms with van der Waals surface area (Å²) in [7, 11) is 1.81. The number of thiophene rings is 1. The first-order valence-corrected chi connectivity index (χ1v) is 5.95. The van der Waals surface area contributed by atoms with Gasteiger partial charge in [-0.1, -0.05) is 0 Å². The summed E-state index contributed by atoms with van der Waals surface area (Å²) in [4.78, 5) is 3.98. The molecule has 78 valence electrons. The molecule has 0 aromatic carbocycles. The standard InChI is InChI=1S/C11H17NOS/c1-9-4-6-14-11(9)8-12-5-3-10(7-12)13-2/h4,6,10H,3,5,7-8H2,1-2H3. The van der Waals surface area contributed by atoms with Gasteiger partial charge in [-0.25, -0.2) is 0 Å². The van der Waals surface area contributed by atoms with Crippen LogP contribution < -0.4 is 0 Å². The molecule has 0 spiro atoms. The molecule has 1 atom stereocenters. The average Bonchev–Trinajstić information content (AvgIpc) is 2.77. The molecule has 0 aliphatic carbocycles. The fraction of sp³-hybridized carbons (Fsp3) is 0.636. The van der Waals surface area contributed by atoms with Gasteiger partial charge in [0.2, 0.25) is 0 Å². The summed E-state index contributed by atoms with van der Waals surface area (Å²) in [6, 6.07) is 2.20. The summed E-state index contributed by atoms with van der Waals surface area (Å²) in [5, 5.41) is 2.18. The van der Waals surface area contributed by atoms with E-state index in [9.17, 15) is 0 Å². The second kappa shape index (κ2) is 4.43. The number of hydrogen-bond acceptors (Lipinski definition) is 3. The van der Waals surface area contributed by atoms with Gasteiger partial charge in [0.25, 0.3) is 0 Å². The lowest BCUT2D eigenvalue weighted by Crippen LogP contribution is -2.22. The quantitative estimate of drug-likeness (QED) is 0.760. The fourth-order valence-electron chi connectivity index (χ4n) is 1.90. The van der Waals surface area contributed by atoms with Gasteiger partial charge in [-0.2, -0.15) is 0 Å². The van der Waals surface area contributed by atoms with Crippen molar-refractivity contribution in [2.24, 2.45) is 0 Å². The number of ether oxygens (including phenoxy) is 1. The van der Waals surface area contributed by atoms with E-state index in [-0.39, 0.29) is 0 Å². The Labute approximate surface area is 89.5 Å². The van der Waals surface area contributed by atoms with Crippen molar-refractivity contribution in [2.45, 2.75) is 26.0 Å². The van der Waals surface area contributed by atoms with Crippen LogP contribution in [-0.2, 0) is 11.3 Å². The molecule has 1 aliphatic rings. The summed E-state index contributed by atoms with van der Waals surface area (Å²) >= 11 is 1.86. The smallest absolute Gasteiger partial charge is 0.0710 e. The second-order valence-corrected chi connectivity index (χ2v) is 4.91. The minimum absolute atomic E-state index is 0.454. The van der Waals surface area contributed by atoms with E-state index in [2.05, 4.69) is 23.3 Å². The summed E-state index contributed by atoms with van der Waals surface area (Å²) in [6.45, 7) is 5.56. The van der Waals surface area contributed by atoms with Crippen LogP contribution in [-0.4, -0.2) is 31.2 Å². The van der Waals surface area contributed by atoms with Crippen LogP contribution in [0.15, 0.2) is 11.4 Å². The zero-order valence-electron chi connectivity index (χ0n) is 8.82. The van der Waals surface area contributed by atoms with E-state index in [1.165, 1.54) is 23.4 Å². The van der Waals surface area contributed by atoms with Crippen LogP contribution in [0.1, 0.15) is 16.9 Å². The lowest BCUT2D eigenvalue weighted by atomic mass is 10.3. The van der Waals surface area contributed by atoms with Crippen molar-refractivity contribution in [1.29, 1.82) is 0 Å². The Hall–Kier alpha value is -0.380. The molecule has 0 bridgehead atoms. The molecule has 2 nitrogen and oxygen atoms in total. The first-order valence-electron chi connectivity index (χ1n) is 5.07. The Morgan fingerprint density at radius 1 is 1.64 bits per heavy atom. The largest absolute Gasteiger partial charge is 0.380 e. The first-order chi connectivity index (χ1) is 6.79. The molecule has 0 radical (unpaired) electrons. The van der Waals surface area contributed by atoms with Crippen LogP contribution in [0.25, 0.3) is 0 Å². The molecule has 0 N–H and O–H groups in total. The molecule has 3 heteroatoms. The summed E-state index contributed by atoms with van der Waals surface area (Å²) in [5.74, 6) is 0. The molecule has 1 saturated heterocycles. The van der Waals surface area contributed by atoms with Gasteiger partial charge in [-0.3, -0.25) is 4.90 Å². The van der Waals surface area contributed by atoms with Crippen molar-refractivity contribution in [1.82, 2.24) is 4.90 Å². The van der Waals surface area contributed by atoms with Crippen molar-refractivity contribution in [3.05, 3.63) is 21.9 Å². The number of hydrogen-bond donors (Lipinski definition) is 0. The zero-order chi connectivity index (χ0) is 9.97. The Bertz CT molecular complexity index is 297. The molecule has 1 aliphatic heterocycles. The molecule has 14 heavy (non-hydrogen) atoms. The Balaban J connectivity index is 1.90. The van der Waals surface area contributed by atoms with Crippen molar-refractivity contribution in [3.63, 3.8) is 0 Å². The zero-order valence-corrected chi connectivity index (χ0v) is 9.64. The van der Waals surface area contributed by atoms with E-state index in [0.717, 1.165) is 13.1 Å². The summed E-state index contributed by atoms with van der Waals surface area (Å²) in [5.41, 5.74) is 1.43. The van der Waals surface area contributed by atoms with Gasteiger partial charge >= 0.3 is 0 Å². The average molecular weight is 211 g/mol. The maximum Gasteiger partial charge on any atom is 0.0710 e. The van der Waals surface area contributed by atoms with Crippen LogP contribution in [0.3, 0.4) is 0 Å². The molecule has 2 rings (SSSR count). The van der Waals surface area contributed by atoms with E-state index < -0.39 is 0 Å². The third kappa shape index (κ3) is 2.16. The third-order valence-corrected chi connectivity index (χ3v) is 3.91. The molecular formula is C11H17NOS. The normalized spacial score (nSPS) is 23.1. The molecule has 2 heterocycles. The highest BCUT2D eigenvalue weighted by molar-refractivity contribution is 7.10. The van der Waals surface area contributed by atoms with Gasteiger partial charge in [0.1, 0.15) is 0 Å². The van der Waals surface area contributed by atoms with Crippen LogP contribution in [0.2, 0.25) is 0 Å². The molecule has 0 amide bonds. The Morgan fingerprint density at radius 2 is 2.50 bits per heavy atom. The van der Waals surface area contributed by atoms with Gasteiger partial charge < -0.3 is 4.74 Å². The minimum atomic E-state index is 0.454. The summed E-state index contributed by atoms with van der Waals surface area (Å²) < 4.78 is 5.35. The maximum absolute atomic E-state index is 5.35. The molecule has 1 fully saturated rings. The van der Waals surface area contributed by atoms with Gasteiger partial charge in [0.05, 0.1) is 6.10 Å². The van der Waals surface area contributed by atoms with Crippen molar-refractivity contribution in [2.75, 3.05) is 20.2 Å². The highest BCUT2D eigenvalue weighted by Crippen LogP contribution is 2.21. The molecular weight excluding hydrogens is 194 g/mol. The van der Waals surface area contributed by atoms with Crippen molar-refractivity contribution >= 4 is 11.3 Å². The highest BCUT2D eigenvalue weighted by atomic mass is 32.1. The summed E-state index contributed by atoms with van der Waals surface area (Å²) in [6.07, 6.45) is 1.64. The number of aryl methyl sites for hydroxylation is 1. The Kier molecular flexibility index (Phi) is 3.21. The highest BCUT2D eigenvalue weighted by Gasteiger charge is 2.22. The van der Waals surface area contributed by atoms with E-state index in [4.69, 9.17) is 4.74 Å². The van der Waals surface area contributed by atoms with E-state index in [1.807, 2.05) is 18.4 Å². The topological polar surface area (TPSA) is 12.5 Å². The fourth-order valence-corrected chi connectivity index (χ4v) is 2.85. The van der Waals surface area contributed by atoms with Crippen molar-refractivity contribution < 1.29 is 4.74 Å².